The molecule has 3 atom stereocenters. The Kier molecular flexibility index (Phi) is 3.91. The number of likely N-dealkylation sites (N-methyl/N-ethyl adjacent to an activating group) is 1. The number of fused-ring (bicyclic) bond motifs is 1. The van der Waals surface area contributed by atoms with Crippen molar-refractivity contribution < 1.29 is 4.79 Å². The highest BCUT2D eigenvalue weighted by atomic mass is 35.5. The van der Waals surface area contributed by atoms with Crippen molar-refractivity contribution in [2.24, 2.45) is 10.9 Å². The highest BCUT2D eigenvalue weighted by Gasteiger charge is 2.36. The van der Waals surface area contributed by atoms with Gasteiger partial charge in [-0.25, -0.2) is 0 Å². The lowest BCUT2D eigenvalue weighted by Crippen LogP contribution is -2.43. The van der Waals surface area contributed by atoms with Crippen molar-refractivity contribution in [3.63, 3.8) is 0 Å². The first-order valence-corrected chi connectivity index (χ1v) is 7.61. The molecule has 0 aromatic heterocycles. The lowest BCUT2D eigenvalue weighted by molar-refractivity contribution is -0.130. The lowest BCUT2D eigenvalue weighted by atomic mass is 9.86. The minimum Gasteiger partial charge on any atom is -0.336 e. The van der Waals surface area contributed by atoms with Crippen LogP contribution in [0, 0.1) is 5.92 Å². The van der Waals surface area contributed by atoms with Crippen LogP contribution in [0.2, 0.25) is 0 Å². The fourth-order valence-corrected chi connectivity index (χ4v) is 3.24. The van der Waals surface area contributed by atoms with Crippen molar-refractivity contribution in [3.8, 4) is 0 Å². The SMILES string of the molecule is CN1C(=O)C(S)N=C(c2ccccc2)C2C=C(Cl)C=CC21. The zero-order valence-corrected chi connectivity index (χ0v) is 13.1. The number of halogens is 1. The molecule has 1 aromatic rings. The molecule has 1 aliphatic carbocycles. The minimum atomic E-state index is -0.684. The molecule has 2 aliphatic rings. The number of thiol groups is 1. The van der Waals surface area contributed by atoms with Gasteiger partial charge in [-0.2, -0.15) is 0 Å². The molecular weight excluding hydrogens is 304 g/mol. The summed E-state index contributed by atoms with van der Waals surface area (Å²) >= 11 is 10.5. The summed E-state index contributed by atoms with van der Waals surface area (Å²) in [6.45, 7) is 0. The quantitative estimate of drug-likeness (QED) is 0.794. The molecule has 0 radical (unpaired) electrons. The van der Waals surface area contributed by atoms with E-state index in [4.69, 9.17) is 11.6 Å². The third kappa shape index (κ3) is 2.65. The summed E-state index contributed by atoms with van der Waals surface area (Å²) in [6.07, 6.45) is 5.73. The number of benzene rings is 1. The van der Waals surface area contributed by atoms with Gasteiger partial charge in [-0.05, 0) is 11.6 Å². The predicted octanol–water partition coefficient (Wildman–Crippen LogP) is 2.88. The molecular formula is C16H15ClN2OS. The predicted molar refractivity (Wildman–Crippen MR) is 88.9 cm³/mol. The Bertz CT molecular complexity index is 654. The number of hydrogen-bond donors (Lipinski definition) is 1. The number of aliphatic imine (C=N–C) groups is 1. The maximum atomic E-state index is 12.3. The van der Waals surface area contributed by atoms with Gasteiger partial charge in [0.25, 0.3) is 5.91 Å². The van der Waals surface area contributed by atoms with Crippen LogP contribution in [-0.2, 0) is 4.79 Å². The molecule has 108 valence electrons. The number of carbonyl (C=O) groups is 1. The van der Waals surface area contributed by atoms with Gasteiger partial charge in [0.05, 0.1) is 11.8 Å². The van der Waals surface area contributed by atoms with Crippen molar-refractivity contribution in [1.82, 2.24) is 4.90 Å². The van der Waals surface area contributed by atoms with Gasteiger partial charge < -0.3 is 4.90 Å². The van der Waals surface area contributed by atoms with Crippen molar-refractivity contribution in [3.05, 3.63) is 59.2 Å². The largest absolute Gasteiger partial charge is 0.336 e. The van der Waals surface area contributed by atoms with Gasteiger partial charge in [-0.15, -0.1) is 12.6 Å². The molecule has 1 aliphatic heterocycles. The fourth-order valence-electron chi connectivity index (χ4n) is 2.72. The second-order valence-electron chi connectivity index (χ2n) is 5.13. The van der Waals surface area contributed by atoms with E-state index in [1.807, 2.05) is 48.6 Å². The zero-order chi connectivity index (χ0) is 15.0. The third-order valence-corrected chi connectivity index (χ3v) is 4.41. The van der Waals surface area contributed by atoms with Gasteiger partial charge in [-0.1, -0.05) is 54.1 Å². The highest BCUT2D eigenvalue weighted by Crippen LogP contribution is 2.30. The van der Waals surface area contributed by atoms with Gasteiger partial charge in [0.2, 0.25) is 0 Å². The van der Waals surface area contributed by atoms with Crippen molar-refractivity contribution in [2.45, 2.75) is 11.4 Å². The summed E-state index contributed by atoms with van der Waals surface area (Å²) in [4.78, 5) is 18.6. The number of amides is 1. The topological polar surface area (TPSA) is 32.7 Å². The van der Waals surface area contributed by atoms with Gasteiger partial charge >= 0.3 is 0 Å². The molecule has 1 heterocycles. The number of hydrogen-bond acceptors (Lipinski definition) is 3. The van der Waals surface area contributed by atoms with E-state index < -0.39 is 5.37 Å². The Morgan fingerprint density at radius 3 is 2.71 bits per heavy atom. The number of allylic oxidation sites excluding steroid dienone is 2. The maximum Gasteiger partial charge on any atom is 0.257 e. The summed E-state index contributed by atoms with van der Waals surface area (Å²) in [5, 5.41) is -0.0188. The second-order valence-corrected chi connectivity index (χ2v) is 6.06. The smallest absolute Gasteiger partial charge is 0.257 e. The Morgan fingerprint density at radius 1 is 1.29 bits per heavy atom. The van der Waals surface area contributed by atoms with Crippen LogP contribution in [0.5, 0.6) is 0 Å². The first-order valence-electron chi connectivity index (χ1n) is 6.71. The van der Waals surface area contributed by atoms with Crippen LogP contribution in [-0.4, -0.2) is 35.0 Å². The van der Waals surface area contributed by atoms with Gasteiger partial charge in [0.15, 0.2) is 5.37 Å². The lowest BCUT2D eigenvalue weighted by Gasteiger charge is -2.31. The van der Waals surface area contributed by atoms with Crippen LogP contribution in [0.3, 0.4) is 0 Å². The molecule has 0 saturated carbocycles. The van der Waals surface area contributed by atoms with E-state index >= 15 is 0 Å². The summed E-state index contributed by atoms with van der Waals surface area (Å²) in [5.74, 6) is -0.161. The fraction of sp³-hybridized carbons (Fsp3) is 0.250. The molecule has 0 saturated heterocycles. The van der Waals surface area contributed by atoms with Gasteiger partial charge in [-0.3, -0.25) is 9.79 Å². The molecule has 21 heavy (non-hydrogen) atoms. The van der Waals surface area contributed by atoms with Crippen molar-refractivity contribution >= 4 is 35.8 Å². The van der Waals surface area contributed by atoms with Crippen LogP contribution in [0.1, 0.15) is 5.56 Å². The number of carbonyl (C=O) groups excluding carboxylic acids is 1. The van der Waals surface area contributed by atoms with Gasteiger partial charge in [0.1, 0.15) is 0 Å². The van der Waals surface area contributed by atoms with Crippen LogP contribution in [0.25, 0.3) is 0 Å². The molecule has 3 unspecified atom stereocenters. The maximum absolute atomic E-state index is 12.3. The molecule has 0 N–H and O–H groups in total. The summed E-state index contributed by atoms with van der Waals surface area (Å²) in [6, 6.07) is 9.77. The second kappa shape index (κ2) is 5.70. The first-order chi connectivity index (χ1) is 10.1. The Hall–Kier alpha value is -1.52. The molecule has 1 aromatic carbocycles. The van der Waals surface area contributed by atoms with Crippen LogP contribution >= 0.6 is 24.2 Å². The highest BCUT2D eigenvalue weighted by molar-refractivity contribution is 7.81. The van der Waals surface area contributed by atoms with E-state index in [-0.39, 0.29) is 17.9 Å². The number of rotatable bonds is 1. The molecule has 3 nitrogen and oxygen atoms in total. The summed E-state index contributed by atoms with van der Waals surface area (Å²) in [5.41, 5.74) is 1.84. The average Bonchev–Trinajstić information content (AvgIpc) is 2.59. The van der Waals surface area contributed by atoms with Crippen molar-refractivity contribution in [2.75, 3.05) is 7.05 Å². The standard InChI is InChI=1S/C16H15ClN2OS/c1-19-13-8-7-11(17)9-12(13)14(18-15(21)16(19)20)10-5-3-2-4-6-10/h2-9,12-13,15,21H,1H3. The number of nitrogens with zero attached hydrogens (tertiary/aromatic N) is 2. The van der Waals surface area contributed by atoms with E-state index in [1.165, 1.54) is 0 Å². The molecule has 3 rings (SSSR count). The molecule has 1 amide bonds. The minimum absolute atomic E-state index is 0.0593. The molecule has 0 bridgehead atoms. The van der Waals surface area contributed by atoms with Crippen molar-refractivity contribution in [1.29, 1.82) is 0 Å². The zero-order valence-electron chi connectivity index (χ0n) is 11.5. The molecule has 0 fully saturated rings. The van der Waals surface area contributed by atoms with Crippen LogP contribution in [0.15, 0.2) is 58.6 Å². The van der Waals surface area contributed by atoms with E-state index in [0.29, 0.717) is 5.03 Å². The monoisotopic (exact) mass is 318 g/mol. The van der Waals surface area contributed by atoms with Crippen LogP contribution < -0.4 is 0 Å². The normalized spacial score (nSPS) is 28.6. The van der Waals surface area contributed by atoms with E-state index in [0.717, 1.165) is 11.3 Å². The summed E-state index contributed by atoms with van der Waals surface area (Å²) in [7, 11) is 1.78. The third-order valence-electron chi connectivity index (χ3n) is 3.82. The molecule has 5 heteroatoms. The average molecular weight is 319 g/mol. The Morgan fingerprint density at radius 2 is 2.00 bits per heavy atom. The Balaban J connectivity index is 2.13. The Labute approximate surface area is 134 Å². The van der Waals surface area contributed by atoms with Gasteiger partial charge in [0, 0.05) is 18.0 Å². The van der Waals surface area contributed by atoms with Crippen LogP contribution in [0.4, 0.5) is 0 Å². The first kappa shape index (κ1) is 14.4. The summed E-state index contributed by atoms with van der Waals surface area (Å²) < 4.78 is 0. The van der Waals surface area contributed by atoms with E-state index in [2.05, 4.69) is 17.6 Å². The van der Waals surface area contributed by atoms with E-state index in [9.17, 15) is 4.79 Å². The molecule has 0 spiro atoms. The van der Waals surface area contributed by atoms with E-state index in [1.54, 1.807) is 11.9 Å².